The van der Waals surface area contributed by atoms with E-state index in [1.807, 2.05) is 0 Å². The van der Waals surface area contributed by atoms with Crippen molar-refractivity contribution in [2.75, 3.05) is 18.0 Å². The van der Waals surface area contributed by atoms with Crippen LogP contribution in [-0.2, 0) is 0 Å². The number of anilines is 1. The van der Waals surface area contributed by atoms with Crippen LogP contribution in [0, 0.1) is 5.41 Å². The Bertz CT molecular complexity index is 346. The Morgan fingerprint density at radius 3 is 2.93 bits per heavy atom. The molecular weight excluding hydrogens is 196 g/mol. The summed E-state index contributed by atoms with van der Waals surface area (Å²) in [5.41, 5.74) is 0.382. The molecule has 1 fully saturated rings. The third-order valence-corrected chi connectivity index (χ3v) is 3.56. The van der Waals surface area contributed by atoms with Gasteiger partial charge in [0, 0.05) is 13.1 Å². The molecule has 0 aromatic carbocycles. The molecule has 0 amide bonds. The van der Waals surface area contributed by atoms with Gasteiger partial charge in [0.15, 0.2) is 11.4 Å². The van der Waals surface area contributed by atoms with E-state index >= 15 is 0 Å². The van der Waals surface area contributed by atoms with Crippen LogP contribution in [0.5, 0.6) is 0 Å². The molecule has 2 heterocycles. The molecule has 14 heavy (non-hydrogen) atoms. The zero-order chi connectivity index (χ0) is 10.2. The smallest absolute Gasteiger partial charge is 0.185 e. The van der Waals surface area contributed by atoms with Gasteiger partial charge in [0.05, 0.1) is 11.1 Å². The first-order valence-corrected chi connectivity index (χ1v) is 5.58. The summed E-state index contributed by atoms with van der Waals surface area (Å²) in [5.74, 6) is 0. The van der Waals surface area contributed by atoms with Gasteiger partial charge in [0.2, 0.25) is 0 Å². The van der Waals surface area contributed by atoms with Crippen LogP contribution < -0.4 is 4.90 Å². The molecule has 1 aliphatic heterocycles. The molecule has 1 aromatic heterocycles. The van der Waals surface area contributed by atoms with Crippen LogP contribution in [-0.4, -0.2) is 24.4 Å². The van der Waals surface area contributed by atoms with Crippen molar-refractivity contribution < 1.29 is 4.79 Å². The third-order valence-electron chi connectivity index (χ3n) is 2.58. The van der Waals surface area contributed by atoms with E-state index in [1.54, 1.807) is 6.20 Å². The SMILES string of the molecule is CC1(C)CCN(c2ncc(C=O)s2)C1. The monoisotopic (exact) mass is 210 g/mol. The summed E-state index contributed by atoms with van der Waals surface area (Å²) >= 11 is 1.48. The average Bonchev–Trinajstić information content (AvgIpc) is 2.70. The van der Waals surface area contributed by atoms with Crippen molar-refractivity contribution in [2.24, 2.45) is 5.41 Å². The van der Waals surface area contributed by atoms with Gasteiger partial charge in [0.1, 0.15) is 0 Å². The topological polar surface area (TPSA) is 33.2 Å². The maximum absolute atomic E-state index is 10.5. The normalized spacial score (nSPS) is 20.0. The predicted octanol–water partition coefficient (Wildman–Crippen LogP) is 2.19. The van der Waals surface area contributed by atoms with Crippen LogP contribution in [0.25, 0.3) is 0 Å². The summed E-state index contributed by atoms with van der Waals surface area (Å²) in [6, 6.07) is 0. The highest BCUT2D eigenvalue weighted by molar-refractivity contribution is 7.17. The van der Waals surface area contributed by atoms with E-state index in [9.17, 15) is 4.79 Å². The van der Waals surface area contributed by atoms with Crippen LogP contribution in [0.2, 0.25) is 0 Å². The fourth-order valence-corrected chi connectivity index (χ4v) is 2.51. The molecule has 0 N–H and O–H groups in total. The number of rotatable bonds is 2. The first-order valence-electron chi connectivity index (χ1n) is 4.77. The Hall–Kier alpha value is -0.900. The van der Waals surface area contributed by atoms with Crippen LogP contribution in [0.3, 0.4) is 0 Å². The van der Waals surface area contributed by atoms with Crippen molar-refractivity contribution in [1.29, 1.82) is 0 Å². The number of thiazole rings is 1. The van der Waals surface area contributed by atoms with Gasteiger partial charge in [-0.05, 0) is 11.8 Å². The Labute approximate surface area is 87.8 Å². The molecule has 4 heteroatoms. The van der Waals surface area contributed by atoms with Gasteiger partial charge in [-0.25, -0.2) is 4.98 Å². The van der Waals surface area contributed by atoms with E-state index < -0.39 is 0 Å². The van der Waals surface area contributed by atoms with Crippen molar-refractivity contribution in [3.63, 3.8) is 0 Å². The van der Waals surface area contributed by atoms with Crippen molar-refractivity contribution in [2.45, 2.75) is 20.3 Å². The van der Waals surface area contributed by atoms with E-state index in [4.69, 9.17) is 0 Å². The lowest BCUT2D eigenvalue weighted by atomic mass is 9.93. The van der Waals surface area contributed by atoms with Gasteiger partial charge in [0.25, 0.3) is 0 Å². The van der Waals surface area contributed by atoms with Crippen molar-refractivity contribution in [3.05, 3.63) is 11.1 Å². The van der Waals surface area contributed by atoms with Gasteiger partial charge >= 0.3 is 0 Å². The molecule has 0 unspecified atom stereocenters. The second-order valence-electron chi connectivity index (χ2n) is 4.50. The Morgan fingerprint density at radius 2 is 2.43 bits per heavy atom. The highest BCUT2D eigenvalue weighted by Gasteiger charge is 2.30. The quantitative estimate of drug-likeness (QED) is 0.701. The number of nitrogens with zero attached hydrogens (tertiary/aromatic N) is 2. The Kier molecular flexibility index (Phi) is 2.31. The minimum absolute atomic E-state index is 0.382. The molecule has 0 aliphatic carbocycles. The van der Waals surface area contributed by atoms with Gasteiger partial charge in [-0.2, -0.15) is 0 Å². The average molecular weight is 210 g/mol. The lowest BCUT2D eigenvalue weighted by Gasteiger charge is -2.18. The fraction of sp³-hybridized carbons (Fsp3) is 0.600. The predicted molar refractivity (Wildman–Crippen MR) is 58.1 cm³/mol. The van der Waals surface area contributed by atoms with E-state index in [0.717, 1.165) is 24.5 Å². The fourth-order valence-electron chi connectivity index (χ4n) is 1.75. The van der Waals surface area contributed by atoms with Crippen molar-refractivity contribution in [1.82, 2.24) is 4.98 Å². The Balaban J connectivity index is 2.13. The van der Waals surface area contributed by atoms with E-state index in [2.05, 4.69) is 23.7 Å². The van der Waals surface area contributed by atoms with Crippen LogP contribution in [0.15, 0.2) is 6.20 Å². The molecule has 2 rings (SSSR count). The summed E-state index contributed by atoms with van der Waals surface area (Å²) in [6.45, 7) is 6.63. The molecule has 0 bridgehead atoms. The third kappa shape index (κ3) is 1.80. The van der Waals surface area contributed by atoms with Gasteiger partial charge in [-0.3, -0.25) is 4.79 Å². The van der Waals surface area contributed by atoms with Crippen LogP contribution in [0.4, 0.5) is 5.13 Å². The zero-order valence-corrected chi connectivity index (χ0v) is 9.30. The van der Waals surface area contributed by atoms with E-state index in [-0.39, 0.29) is 0 Å². The van der Waals surface area contributed by atoms with Crippen molar-refractivity contribution >= 4 is 22.8 Å². The number of carbonyl (C=O) groups excluding carboxylic acids is 1. The lowest BCUT2D eigenvalue weighted by molar-refractivity contribution is 0.112. The number of hydrogen-bond acceptors (Lipinski definition) is 4. The van der Waals surface area contributed by atoms with Gasteiger partial charge in [-0.1, -0.05) is 25.2 Å². The minimum Gasteiger partial charge on any atom is -0.348 e. The summed E-state index contributed by atoms with van der Waals surface area (Å²) in [7, 11) is 0. The molecule has 0 atom stereocenters. The maximum Gasteiger partial charge on any atom is 0.185 e. The second-order valence-corrected chi connectivity index (χ2v) is 5.54. The largest absolute Gasteiger partial charge is 0.348 e. The molecule has 0 saturated carbocycles. The van der Waals surface area contributed by atoms with Crippen LogP contribution >= 0.6 is 11.3 Å². The second kappa shape index (κ2) is 3.35. The summed E-state index contributed by atoms with van der Waals surface area (Å²) in [6.07, 6.45) is 3.71. The number of aldehydes is 1. The van der Waals surface area contributed by atoms with E-state index in [0.29, 0.717) is 10.3 Å². The highest BCUT2D eigenvalue weighted by atomic mass is 32.1. The molecule has 0 radical (unpaired) electrons. The van der Waals surface area contributed by atoms with E-state index in [1.165, 1.54) is 17.8 Å². The molecule has 1 aromatic rings. The molecule has 76 valence electrons. The molecule has 0 spiro atoms. The Morgan fingerprint density at radius 1 is 1.64 bits per heavy atom. The number of aromatic nitrogens is 1. The molecule has 3 nitrogen and oxygen atoms in total. The zero-order valence-electron chi connectivity index (χ0n) is 8.49. The number of hydrogen-bond donors (Lipinski definition) is 0. The minimum atomic E-state index is 0.382. The lowest BCUT2D eigenvalue weighted by Crippen LogP contribution is -2.22. The summed E-state index contributed by atoms with van der Waals surface area (Å²) in [4.78, 5) is 17.7. The molecule has 1 aliphatic rings. The number of carbonyl (C=O) groups is 1. The summed E-state index contributed by atoms with van der Waals surface area (Å²) in [5, 5.41) is 0.984. The van der Waals surface area contributed by atoms with Crippen LogP contribution in [0.1, 0.15) is 29.9 Å². The standard InChI is InChI=1S/C10H14N2OS/c1-10(2)3-4-12(7-10)9-11-5-8(6-13)14-9/h5-6H,3-4,7H2,1-2H3. The molecular formula is C10H14N2OS. The van der Waals surface area contributed by atoms with Gasteiger partial charge < -0.3 is 4.90 Å². The van der Waals surface area contributed by atoms with Crippen molar-refractivity contribution in [3.8, 4) is 0 Å². The summed E-state index contributed by atoms with van der Waals surface area (Å²) < 4.78 is 0. The first-order chi connectivity index (χ1) is 6.61. The van der Waals surface area contributed by atoms with Gasteiger partial charge in [-0.15, -0.1) is 0 Å². The first kappa shape index (κ1) is 9.65. The maximum atomic E-state index is 10.5. The highest BCUT2D eigenvalue weighted by Crippen LogP contribution is 2.33. The molecule has 1 saturated heterocycles.